The Kier molecular flexibility index (Phi) is 7.86. The van der Waals surface area contributed by atoms with E-state index < -0.39 is 0 Å². The molecule has 1 aliphatic heterocycles. The molecule has 32 heavy (non-hydrogen) atoms. The molecule has 5 nitrogen and oxygen atoms in total. The molecule has 2 aromatic carbocycles. The quantitative estimate of drug-likeness (QED) is 0.676. The lowest BCUT2D eigenvalue weighted by atomic mass is 9.92. The number of carbonyl (C=O) groups is 1. The Morgan fingerprint density at radius 2 is 1.81 bits per heavy atom. The van der Waals surface area contributed by atoms with Crippen LogP contribution in [-0.4, -0.2) is 44.2 Å². The zero-order valence-corrected chi connectivity index (χ0v) is 20.0. The van der Waals surface area contributed by atoms with E-state index in [1.807, 2.05) is 36.4 Å². The van der Waals surface area contributed by atoms with E-state index in [1.165, 1.54) is 37.7 Å². The number of carbonyl (C=O) groups excluding carboxylic acids is 1. The van der Waals surface area contributed by atoms with Gasteiger partial charge < -0.3 is 31.7 Å². The van der Waals surface area contributed by atoms with E-state index in [9.17, 15) is 4.79 Å². The van der Waals surface area contributed by atoms with Crippen LogP contribution < -0.4 is 27.2 Å². The van der Waals surface area contributed by atoms with Gasteiger partial charge in [0.1, 0.15) is 24.7 Å². The summed E-state index contributed by atoms with van der Waals surface area (Å²) in [5.41, 5.74) is 3.60. The van der Waals surface area contributed by atoms with Crippen molar-refractivity contribution < 1.29 is 31.2 Å². The molecule has 1 N–H and O–H groups in total. The van der Waals surface area contributed by atoms with Crippen LogP contribution >= 0.6 is 0 Å². The smallest absolute Gasteiger partial charge is 0.255 e. The molecule has 0 aromatic heterocycles. The predicted molar refractivity (Wildman–Crippen MR) is 124 cm³/mol. The van der Waals surface area contributed by atoms with Gasteiger partial charge in [-0.05, 0) is 56.0 Å². The fourth-order valence-corrected chi connectivity index (χ4v) is 4.69. The molecule has 2 aromatic rings. The van der Waals surface area contributed by atoms with Crippen LogP contribution in [0.2, 0.25) is 0 Å². The van der Waals surface area contributed by atoms with Crippen LogP contribution in [0.1, 0.15) is 43.2 Å². The zero-order valence-electron chi connectivity index (χ0n) is 19.2. The molecule has 1 heterocycles. The van der Waals surface area contributed by atoms with Crippen LogP contribution in [0.5, 0.6) is 11.5 Å². The molecular formula is C26H33ClN2O3. The third kappa shape index (κ3) is 5.64. The van der Waals surface area contributed by atoms with E-state index in [-0.39, 0.29) is 24.9 Å². The highest BCUT2D eigenvalue weighted by molar-refractivity contribution is 6.07. The van der Waals surface area contributed by atoms with Crippen molar-refractivity contribution >= 4 is 17.7 Å². The van der Waals surface area contributed by atoms with E-state index in [0.29, 0.717) is 5.57 Å². The minimum Gasteiger partial charge on any atom is -1.00 e. The van der Waals surface area contributed by atoms with Crippen LogP contribution in [0, 0.1) is 0 Å². The van der Waals surface area contributed by atoms with Gasteiger partial charge in [0.2, 0.25) is 0 Å². The monoisotopic (exact) mass is 456 g/mol. The van der Waals surface area contributed by atoms with E-state index in [2.05, 4.69) is 31.5 Å². The Balaban J connectivity index is 0.00000289. The first kappa shape index (κ1) is 24.1. The minimum absolute atomic E-state index is 0. The standard InChI is InChI=1S/C26H32N2O3.ClH/c1-28(2,23-7-5-4-6-8-23)17-19-9-12-22(13-10-19)27-26(29)21-15-20-11-14-24(30-3)16-25(20)31-18-21;/h9-16,23H,4-8,17-18H2,1-3H3;1H. The lowest BCUT2D eigenvalue weighted by Crippen LogP contribution is -3.00. The molecule has 1 aliphatic carbocycles. The average molecular weight is 457 g/mol. The van der Waals surface area contributed by atoms with Gasteiger partial charge in [-0.3, -0.25) is 4.79 Å². The first-order valence-electron chi connectivity index (χ1n) is 11.2. The van der Waals surface area contributed by atoms with Crippen LogP contribution in [0.25, 0.3) is 6.08 Å². The van der Waals surface area contributed by atoms with Crippen molar-refractivity contribution in [2.24, 2.45) is 0 Å². The first-order valence-corrected chi connectivity index (χ1v) is 11.2. The van der Waals surface area contributed by atoms with Gasteiger partial charge in [0.25, 0.3) is 5.91 Å². The highest BCUT2D eigenvalue weighted by Gasteiger charge is 2.29. The summed E-state index contributed by atoms with van der Waals surface area (Å²) in [5.74, 6) is 1.34. The number of nitrogens with zero attached hydrogens (tertiary/aromatic N) is 1. The SMILES string of the molecule is COc1ccc2c(c1)OCC(C(=O)Nc1ccc(C[N+](C)(C)C3CCCCC3)cc1)=C2.[Cl-]. The third-order valence-corrected chi connectivity index (χ3v) is 6.59. The van der Waals surface area contributed by atoms with Gasteiger partial charge in [0.15, 0.2) is 0 Å². The molecule has 4 rings (SSSR count). The zero-order chi connectivity index (χ0) is 21.8. The summed E-state index contributed by atoms with van der Waals surface area (Å²) in [6.07, 6.45) is 8.63. The van der Waals surface area contributed by atoms with Crippen LogP contribution in [-0.2, 0) is 11.3 Å². The number of rotatable bonds is 6. The summed E-state index contributed by atoms with van der Waals surface area (Å²) < 4.78 is 12.0. The molecule has 0 atom stereocenters. The Hall–Kier alpha value is -2.50. The van der Waals surface area contributed by atoms with Crippen LogP contribution in [0.4, 0.5) is 5.69 Å². The van der Waals surface area contributed by atoms with Crippen molar-refractivity contribution in [3.8, 4) is 11.5 Å². The summed E-state index contributed by atoms with van der Waals surface area (Å²) in [4.78, 5) is 12.7. The number of hydrogen-bond acceptors (Lipinski definition) is 3. The molecule has 0 unspecified atom stereocenters. The van der Waals surface area contributed by atoms with E-state index in [1.54, 1.807) is 7.11 Å². The average Bonchev–Trinajstić information content (AvgIpc) is 2.80. The minimum atomic E-state index is -0.132. The van der Waals surface area contributed by atoms with Crippen LogP contribution in [0.3, 0.4) is 0 Å². The van der Waals surface area contributed by atoms with Crippen molar-refractivity contribution in [1.82, 2.24) is 0 Å². The normalized spacial score (nSPS) is 16.2. The van der Waals surface area contributed by atoms with E-state index >= 15 is 0 Å². The van der Waals surface area contributed by atoms with Gasteiger partial charge in [0, 0.05) is 22.9 Å². The molecule has 0 spiro atoms. The molecule has 0 bridgehead atoms. The summed E-state index contributed by atoms with van der Waals surface area (Å²) in [5, 5.41) is 3.00. The molecule has 172 valence electrons. The fraction of sp³-hybridized carbons (Fsp3) is 0.423. The molecule has 2 aliphatic rings. The number of halogens is 1. The topological polar surface area (TPSA) is 47.6 Å². The van der Waals surface area contributed by atoms with Crippen molar-refractivity contribution in [2.75, 3.05) is 33.1 Å². The number of nitrogens with one attached hydrogen (secondary N) is 1. The lowest BCUT2D eigenvalue weighted by molar-refractivity contribution is -0.929. The lowest BCUT2D eigenvalue weighted by Gasteiger charge is -2.40. The summed E-state index contributed by atoms with van der Waals surface area (Å²) >= 11 is 0. The van der Waals surface area contributed by atoms with Crippen molar-refractivity contribution in [2.45, 2.75) is 44.7 Å². The number of fused-ring (bicyclic) bond motifs is 1. The third-order valence-electron chi connectivity index (χ3n) is 6.59. The van der Waals surface area contributed by atoms with E-state index in [4.69, 9.17) is 9.47 Å². The molecule has 1 saturated carbocycles. The van der Waals surface area contributed by atoms with Crippen molar-refractivity contribution in [1.29, 1.82) is 0 Å². The van der Waals surface area contributed by atoms with Crippen molar-refractivity contribution in [3.63, 3.8) is 0 Å². The summed E-state index contributed by atoms with van der Waals surface area (Å²) in [6, 6.07) is 14.6. The number of ether oxygens (including phenoxy) is 2. The number of hydrogen-bond donors (Lipinski definition) is 1. The van der Waals surface area contributed by atoms with Gasteiger partial charge in [0.05, 0.1) is 32.8 Å². The highest BCUT2D eigenvalue weighted by atomic mass is 35.5. The van der Waals surface area contributed by atoms with Crippen LogP contribution in [0.15, 0.2) is 48.0 Å². The number of methoxy groups -OCH3 is 1. The van der Waals surface area contributed by atoms with Gasteiger partial charge in [-0.15, -0.1) is 0 Å². The van der Waals surface area contributed by atoms with Gasteiger partial charge in [-0.1, -0.05) is 18.6 Å². The van der Waals surface area contributed by atoms with Crippen molar-refractivity contribution in [3.05, 3.63) is 59.2 Å². The highest BCUT2D eigenvalue weighted by Crippen LogP contribution is 2.31. The second-order valence-electron chi connectivity index (χ2n) is 9.24. The predicted octanol–water partition coefficient (Wildman–Crippen LogP) is 2.02. The van der Waals surface area contributed by atoms with E-state index in [0.717, 1.165) is 39.8 Å². The summed E-state index contributed by atoms with van der Waals surface area (Å²) in [6.45, 7) is 1.26. The second kappa shape index (κ2) is 10.4. The maximum absolute atomic E-state index is 12.7. The second-order valence-corrected chi connectivity index (χ2v) is 9.24. The van der Waals surface area contributed by atoms with Gasteiger partial charge in [-0.2, -0.15) is 0 Å². The fourth-order valence-electron chi connectivity index (χ4n) is 4.69. The molecule has 0 radical (unpaired) electrons. The Labute approximate surface area is 197 Å². The molecular weight excluding hydrogens is 424 g/mol. The Morgan fingerprint density at radius 1 is 1.09 bits per heavy atom. The number of quaternary nitrogens is 1. The number of anilines is 1. The van der Waals surface area contributed by atoms with Gasteiger partial charge >= 0.3 is 0 Å². The summed E-state index contributed by atoms with van der Waals surface area (Å²) in [7, 11) is 6.31. The van der Waals surface area contributed by atoms with Gasteiger partial charge in [-0.25, -0.2) is 0 Å². The molecule has 6 heteroatoms. The molecule has 0 saturated heterocycles. The first-order chi connectivity index (χ1) is 14.9. The number of amides is 1. The Bertz CT molecular complexity index is 964. The maximum atomic E-state index is 12.7. The number of benzene rings is 2. The molecule has 1 amide bonds. The largest absolute Gasteiger partial charge is 1.00 e. The maximum Gasteiger partial charge on any atom is 0.255 e. The Morgan fingerprint density at radius 3 is 2.50 bits per heavy atom. The molecule has 1 fully saturated rings.